The molecule has 1 aliphatic rings. The quantitative estimate of drug-likeness (QED) is 0.752. The Morgan fingerprint density at radius 3 is 2.33 bits per heavy atom. The first-order chi connectivity index (χ1) is 8.33. The van der Waals surface area contributed by atoms with Crippen molar-refractivity contribution in [1.82, 2.24) is 4.90 Å². The van der Waals surface area contributed by atoms with Crippen LogP contribution in [0.5, 0.6) is 0 Å². The van der Waals surface area contributed by atoms with Gasteiger partial charge in [-0.05, 0) is 12.8 Å². The number of nitrogens with zero attached hydrogens (tertiary/aromatic N) is 1. The molecule has 18 heavy (non-hydrogen) atoms. The van der Waals surface area contributed by atoms with Crippen LogP contribution < -0.4 is 0 Å². The van der Waals surface area contributed by atoms with Crippen molar-refractivity contribution in [3.8, 4) is 0 Å². The second-order valence-corrected chi connectivity index (χ2v) is 7.07. The average molecular weight is 277 g/mol. The number of carbonyl (C=O) groups excluding carboxylic acids is 1. The molecule has 0 unspecified atom stereocenters. The van der Waals surface area contributed by atoms with Crippen molar-refractivity contribution >= 4 is 21.7 Å². The van der Waals surface area contributed by atoms with Crippen LogP contribution in [0.4, 0.5) is 0 Å². The highest BCUT2D eigenvalue weighted by atomic mass is 32.2. The fourth-order valence-corrected chi connectivity index (χ4v) is 3.97. The molecule has 1 fully saturated rings. The molecule has 0 heterocycles. The van der Waals surface area contributed by atoms with E-state index in [0.29, 0.717) is 12.8 Å². The van der Waals surface area contributed by atoms with Crippen molar-refractivity contribution in [1.29, 1.82) is 0 Å². The third-order valence-electron chi connectivity index (χ3n) is 3.21. The van der Waals surface area contributed by atoms with Gasteiger partial charge >= 0.3 is 5.97 Å². The van der Waals surface area contributed by atoms with Gasteiger partial charge in [0.15, 0.2) is 9.84 Å². The summed E-state index contributed by atoms with van der Waals surface area (Å²) in [6.07, 6.45) is 3.08. The number of carboxylic acid groups (broad SMARTS) is 1. The molecule has 7 heteroatoms. The summed E-state index contributed by atoms with van der Waals surface area (Å²) in [5.41, 5.74) is 0. The largest absolute Gasteiger partial charge is 0.480 e. The fourth-order valence-electron chi connectivity index (χ4n) is 2.13. The van der Waals surface area contributed by atoms with Crippen molar-refractivity contribution in [2.45, 2.75) is 37.4 Å². The number of hydrogen-bond donors (Lipinski definition) is 1. The molecule has 0 atom stereocenters. The zero-order chi connectivity index (χ0) is 13.8. The van der Waals surface area contributed by atoms with Gasteiger partial charge in [-0.2, -0.15) is 0 Å². The predicted molar refractivity (Wildman–Crippen MR) is 65.9 cm³/mol. The van der Waals surface area contributed by atoms with Crippen LogP contribution in [0, 0.1) is 0 Å². The van der Waals surface area contributed by atoms with Gasteiger partial charge in [-0.15, -0.1) is 0 Å². The van der Waals surface area contributed by atoms with Gasteiger partial charge in [0.25, 0.3) is 0 Å². The van der Waals surface area contributed by atoms with Crippen molar-refractivity contribution in [2.24, 2.45) is 0 Å². The predicted octanol–water partition coefficient (Wildman–Crippen LogP) is 0.277. The standard InChI is InChI=1S/C11H19NO5S/c1-12(8-11(14)15)10(13)6-7-18(16,17)9-4-2-3-5-9/h9H,2-8H2,1H3,(H,14,15). The lowest BCUT2D eigenvalue weighted by atomic mass is 10.4. The number of carbonyl (C=O) groups is 2. The van der Waals surface area contributed by atoms with Crippen LogP contribution in [0.15, 0.2) is 0 Å². The maximum absolute atomic E-state index is 11.9. The lowest BCUT2D eigenvalue weighted by Gasteiger charge is -2.15. The molecule has 1 saturated carbocycles. The topological polar surface area (TPSA) is 91.8 Å². The Kier molecular flexibility index (Phi) is 5.13. The molecule has 1 rings (SSSR count). The summed E-state index contributed by atoms with van der Waals surface area (Å²) in [7, 11) is -1.85. The zero-order valence-electron chi connectivity index (χ0n) is 10.5. The maximum Gasteiger partial charge on any atom is 0.323 e. The first-order valence-corrected chi connectivity index (χ1v) is 7.72. The van der Waals surface area contributed by atoms with Gasteiger partial charge in [0.05, 0.1) is 11.0 Å². The number of sulfone groups is 1. The highest BCUT2D eigenvalue weighted by Gasteiger charge is 2.29. The molecule has 0 radical (unpaired) electrons. The van der Waals surface area contributed by atoms with Crippen LogP contribution in [0.2, 0.25) is 0 Å². The molecule has 1 aliphatic carbocycles. The molecule has 104 valence electrons. The van der Waals surface area contributed by atoms with Gasteiger partial charge in [-0.3, -0.25) is 9.59 Å². The Labute approximate surface area is 107 Å². The number of hydrogen-bond acceptors (Lipinski definition) is 4. The van der Waals surface area contributed by atoms with Gasteiger partial charge in [0, 0.05) is 13.5 Å². The van der Waals surface area contributed by atoms with E-state index >= 15 is 0 Å². The Morgan fingerprint density at radius 1 is 1.28 bits per heavy atom. The van der Waals surface area contributed by atoms with Gasteiger partial charge < -0.3 is 10.0 Å². The molecule has 0 bridgehead atoms. The van der Waals surface area contributed by atoms with Crippen LogP contribution in [0.25, 0.3) is 0 Å². The third-order valence-corrected chi connectivity index (χ3v) is 5.47. The van der Waals surface area contributed by atoms with Crippen molar-refractivity contribution in [2.75, 3.05) is 19.3 Å². The summed E-state index contributed by atoms with van der Waals surface area (Å²) in [6, 6.07) is 0. The molecule has 1 N–H and O–H groups in total. The number of carboxylic acids is 1. The molecular formula is C11H19NO5S. The van der Waals surface area contributed by atoms with E-state index in [-0.39, 0.29) is 17.4 Å². The summed E-state index contributed by atoms with van der Waals surface area (Å²) >= 11 is 0. The average Bonchev–Trinajstić information content (AvgIpc) is 2.78. The first-order valence-electron chi connectivity index (χ1n) is 6.00. The zero-order valence-corrected chi connectivity index (χ0v) is 11.3. The van der Waals surface area contributed by atoms with Crippen LogP contribution in [-0.4, -0.2) is 54.9 Å². The summed E-state index contributed by atoms with van der Waals surface area (Å²) in [4.78, 5) is 23.0. The maximum atomic E-state index is 11.9. The Hall–Kier alpha value is -1.11. The highest BCUT2D eigenvalue weighted by Crippen LogP contribution is 2.25. The molecule has 1 amide bonds. The van der Waals surface area contributed by atoms with Crippen LogP contribution >= 0.6 is 0 Å². The van der Waals surface area contributed by atoms with Gasteiger partial charge in [0.2, 0.25) is 5.91 Å². The minimum absolute atomic E-state index is 0.136. The lowest BCUT2D eigenvalue weighted by molar-refractivity contribution is -0.143. The molecule has 0 aromatic rings. The minimum atomic E-state index is -3.21. The van der Waals surface area contributed by atoms with Crippen LogP contribution in [0.3, 0.4) is 0 Å². The molecule has 0 aromatic carbocycles. The van der Waals surface area contributed by atoms with E-state index in [1.807, 2.05) is 0 Å². The number of aliphatic carboxylic acids is 1. The molecule has 0 aliphatic heterocycles. The van der Waals surface area contributed by atoms with Gasteiger partial charge in [0.1, 0.15) is 6.54 Å². The van der Waals surface area contributed by atoms with E-state index in [0.717, 1.165) is 17.7 Å². The normalized spacial score (nSPS) is 16.7. The summed E-state index contributed by atoms with van der Waals surface area (Å²) < 4.78 is 23.8. The lowest BCUT2D eigenvalue weighted by Crippen LogP contribution is -2.34. The van der Waals surface area contributed by atoms with Crippen LogP contribution in [-0.2, 0) is 19.4 Å². The van der Waals surface area contributed by atoms with E-state index in [1.54, 1.807) is 0 Å². The van der Waals surface area contributed by atoms with Crippen molar-refractivity contribution in [3.05, 3.63) is 0 Å². The SMILES string of the molecule is CN(CC(=O)O)C(=O)CCS(=O)(=O)C1CCCC1. The van der Waals surface area contributed by atoms with Crippen molar-refractivity contribution < 1.29 is 23.1 Å². The molecule has 0 saturated heterocycles. The van der Waals surface area contributed by atoms with E-state index in [9.17, 15) is 18.0 Å². The Bertz CT molecular complexity index is 411. The van der Waals surface area contributed by atoms with Crippen molar-refractivity contribution in [3.63, 3.8) is 0 Å². The van der Waals surface area contributed by atoms with E-state index in [2.05, 4.69) is 0 Å². The molecule has 6 nitrogen and oxygen atoms in total. The number of likely N-dealkylation sites (N-methyl/N-ethyl adjacent to an activating group) is 1. The summed E-state index contributed by atoms with van der Waals surface area (Å²) in [5, 5.41) is 8.21. The third kappa shape index (κ3) is 4.29. The Morgan fingerprint density at radius 2 is 1.83 bits per heavy atom. The van der Waals surface area contributed by atoms with Crippen LogP contribution in [0.1, 0.15) is 32.1 Å². The smallest absolute Gasteiger partial charge is 0.323 e. The monoisotopic (exact) mass is 277 g/mol. The Balaban J connectivity index is 2.44. The minimum Gasteiger partial charge on any atom is -0.480 e. The number of rotatable bonds is 6. The summed E-state index contributed by atoms with van der Waals surface area (Å²) in [6.45, 7) is -0.400. The number of amides is 1. The molecule has 0 aromatic heterocycles. The second kappa shape index (κ2) is 6.17. The van der Waals surface area contributed by atoms with E-state index in [1.165, 1.54) is 7.05 Å². The molecule has 0 spiro atoms. The highest BCUT2D eigenvalue weighted by molar-refractivity contribution is 7.92. The first kappa shape index (κ1) is 14.9. The van der Waals surface area contributed by atoms with Gasteiger partial charge in [-0.1, -0.05) is 12.8 Å². The fraction of sp³-hybridized carbons (Fsp3) is 0.818. The molecular weight excluding hydrogens is 258 g/mol. The second-order valence-electron chi connectivity index (χ2n) is 4.67. The van der Waals surface area contributed by atoms with E-state index in [4.69, 9.17) is 5.11 Å². The van der Waals surface area contributed by atoms with Gasteiger partial charge in [-0.25, -0.2) is 8.42 Å². The summed E-state index contributed by atoms with van der Waals surface area (Å²) in [5.74, 6) is -1.73. The van der Waals surface area contributed by atoms with E-state index < -0.39 is 28.3 Å².